The van der Waals surface area contributed by atoms with Crippen LogP contribution in [0.3, 0.4) is 0 Å². The summed E-state index contributed by atoms with van der Waals surface area (Å²) in [7, 11) is -3.67. The molecule has 3 nitrogen and oxygen atoms in total. The number of rotatable bonds is 4. The summed E-state index contributed by atoms with van der Waals surface area (Å²) < 4.78 is 27.7. The van der Waals surface area contributed by atoms with Gasteiger partial charge in [-0.05, 0) is 30.7 Å². The lowest BCUT2D eigenvalue weighted by molar-refractivity contribution is 0.579. The average Bonchev–Trinajstić information content (AvgIpc) is 2.77. The highest BCUT2D eigenvalue weighted by molar-refractivity contribution is 9.10. The Labute approximate surface area is 135 Å². The fourth-order valence-corrected chi connectivity index (χ4v) is 6.19. The van der Waals surface area contributed by atoms with Crippen LogP contribution in [0.2, 0.25) is 10.0 Å². The molecule has 1 saturated heterocycles. The molecule has 8 heteroatoms. The third kappa shape index (κ3) is 4.02. The van der Waals surface area contributed by atoms with E-state index in [1.807, 2.05) is 0 Å². The van der Waals surface area contributed by atoms with E-state index in [0.717, 1.165) is 18.6 Å². The Bertz CT molecular complexity index is 551. The van der Waals surface area contributed by atoms with Crippen LogP contribution in [0.5, 0.6) is 0 Å². The Morgan fingerprint density at radius 3 is 2.53 bits per heavy atom. The summed E-state index contributed by atoms with van der Waals surface area (Å²) in [5.74, 6) is 1.09. The molecule has 1 heterocycles. The van der Waals surface area contributed by atoms with Crippen LogP contribution in [0.25, 0.3) is 0 Å². The highest BCUT2D eigenvalue weighted by atomic mass is 79.9. The SMILES string of the molecule is O=S(=O)(NCC1CCCS1)c1c(Cl)cc(Br)cc1Cl. The Balaban J connectivity index is 2.19. The van der Waals surface area contributed by atoms with Crippen molar-refractivity contribution in [3.63, 3.8) is 0 Å². The summed E-state index contributed by atoms with van der Waals surface area (Å²) in [6.07, 6.45) is 2.17. The van der Waals surface area contributed by atoms with Gasteiger partial charge in [-0.25, -0.2) is 13.1 Å². The minimum Gasteiger partial charge on any atom is -0.210 e. The van der Waals surface area contributed by atoms with Gasteiger partial charge in [-0.1, -0.05) is 39.1 Å². The Kier molecular flexibility index (Phi) is 5.48. The molecule has 0 bridgehead atoms. The predicted octanol–water partition coefficient (Wildman–Crippen LogP) is 3.93. The first kappa shape index (κ1) is 15.9. The zero-order valence-electron chi connectivity index (χ0n) is 9.83. The van der Waals surface area contributed by atoms with Gasteiger partial charge in [-0.3, -0.25) is 0 Å². The van der Waals surface area contributed by atoms with E-state index in [9.17, 15) is 8.42 Å². The van der Waals surface area contributed by atoms with Crippen LogP contribution < -0.4 is 4.72 Å². The maximum Gasteiger partial charge on any atom is 0.243 e. The molecular weight excluding hydrogens is 393 g/mol. The predicted molar refractivity (Wildman–Crippen MR) is 84.8 cm³/mol. The summed E-state index contributed by atoms with van der Waals surface area (Å²) in [4.78, 5) is -0.0537. The van der Waals surface area contributed by atoms with Gasteiger partial charge in [0.25, 0.3) is 0 Å². The van der Waals surface area contributed by atoms with Crippen molar-refractivity contribution in [3.8, 4) is 0 Å². The first-order valence-electron chi connectivity index (χ1n) is 5.66. The minimum atomic E-state index is -3.67. The van der Waals surface area contributed by atoms with Crippen molar-refractivity contribution in [2.45, 2.75) is 23.0 Å². The molecule has 1 unspecified atom stereocenters. The molecule has 1 aromatic rings. The summed E-state index contributed by atoms with van der Waals surface area (Å²) >= 11 is 17.0. The second-order valence-corrected chi connectivity index (χ2v) is 9.03. The molecule has 1 aromatic carbocycles. The third-order valence-corrected chi connectivity index (χ3v) is 6.96. The lowest BCUT2D eigenvalue weighted by atomic mass is 10.2. The standard InChI is InChI=1S/C11H12BrCl2NO2S2/c12-7-4-9(13)11(10(14)5-7)19(16,17)15-6-8-2-1-3-18-8/h4-5,8,15H,1-3,6H2. The van der Waals surface area contributed by atoms with Gasteiger partial charge in [0, 0.05) is 16.3 Å². The van der Waals surface area contributed by atoms with Crippen LogP contribution in [0.15, 0.2) is 21.5 Å². The van der Waals surface area contributed by atoms with E-state index in [0.29, 0.717) is 16.3 Å². The summed E-state index contributed by atoms with van der Waals surface area (Å²) in [6, 6.07) is 3.04. The van der Waals surface area contributed by atoms with Crippen LogP contribution in [0.1, 0.15) is 12.8 Å². The normalized spacial score (nSPS) is 19.8. The number of halogens is 3. The molecule has 0 aromatic heterocycles. The molecule has 0 saturated carbocycles. The van der Waals surface area contributed by atoms with E-state index >= 15 is 0 Å². The third-order valence-electron chi connectivity index (χ3n) is 2.76. The first-order valence-corrected chi connectivity index (χ1v) is 9.74. The van der Waals surface area contributed by atoms with E-state index in [1.54, 1.807) is 11.8 Å². The van der Waals surface area contributed by atoms with Crippen LogP contribution in [-0.4, -0.2) is 26.0 Å². The van der Waals surface area contributed by atoms with Gasteiger partial charge in [0.2, 0.25) is 10.0 Å². The van der Waals surface area contributed by atoms with Gasteiger partial charge >= 0.3 is 0 Å². The Morgan fingerprint density at radius 2 is 2.00 bits per heavy atom. The van der Waals surface area contributed by atoms with Gasteiger partial charge in [-0.2, -0.15) is 11.8 Å². The number of hydrogen-bond acceptors (Lipinski definition) is 3. The fourth-order valence-electron chi connectivity index (χ4n) is 1.87. The number of nitrogens with one attached hydrogen (secondary N) is 1. The van der Waals surface area contributed by atoms with Gasteiger partial charge in [0.05, 0.1) is 10.0 Å². The Hall–Kier alpha value is 0.540. The molecule has 1 aliphatic heterocycles. The van der Waals surface area contributed by atoms with Gasteiger partial charge in [0.15, 0.2) is 0 Å². The van der Waals surface area contributed by atoms with Crippen molar-refractivity contribution in [1.29, 1.82) is 0 Å². The number of thioether (sulfide) groups is 1. The van der Waals surface area contributed by atoms with Crippen molar-refractivity contribution < 1.29 is 8.42 Å². The van der Waals surface area contributed by atoms with Crippen LogP contribution in [0, 0.1) is 0 Å². The number of hydrogen-bond donors (Lipinski definition) is 1. The summed E-state index contributed by atoms with van der Waals surface area (Å²) in [5, 5.41) is 0.569. The zero-order valence-corrected chi connectivity index (χ0v) is 14.6. The molecule has 1 N–H and O–H groups in total. The van der Waals surface area contributed by atoms with Crippen molar-refractivity contribution >= 4 is 60.9 Å². The molecule has 0 amide bonds. The molecule has 106 valence electrons. The summed E-state index contributed by atoms with van der Waals surface area (Å²) in [5.41, 5.74) is 0. The van der Waals surface area contributed by atoms with E-state index in [-0.39, 0.29) is 14.9 Å². The van der Waals surface area contributed by atoms with Crippen molar-refractivity contribution in [1.82, 2.24) is 4.72 Å². The highest BCUT2D eigenvalue weighted by Gasteiger charge is 2.24. The van der Waals surface area contributed by atoms with Crippen molar-refractivity contribution in [2.24, 2.45) is 0 Å². The number of benzene rings is 1. The molecular formula is C11H12BrCl2NO2S2. The Morgan fingerprint density at radius 1 is 1.37 bits per heavy atom. The van der Waals surface area contributed by atoms with Gasteiger partial charge < -0.3 is 0 Å². The van der Waals surface area contributed by atoms with E-state index in [2.05, 4.69) is 20.7 Å². The molecule has 0 radical (unpaired) electrons. The second kappa shape index (κ2) is 6.54. The van der Waals surface area contributed by atoms with Crippen molar-refractivity contribution in [3.05, 3.63) is 26.7 Å². The van der Waals surface area contributed by atoms with Crippen LogP contribution in [0.4, 0.5) is 0 Å². The molecule has 0 spiro atoms. The molecule has 1 fully saturated rings. The molecule has 1 aliphatic rings. The topological polar surface area (TPSA) is 46.2 Å². The maximum absolute atomic E-state index is 12.2. The van der Waals surface area contributed by atoms with Crippen LogP contribution >= 0.6 is 50.9 Å². The quantitative estimate of drug-likeness (QED) is 0.826. The molecule has 19 heavy (non-hydrogen) atoms. The maximum atomic E-state index is 12.2. The van der Waals surface area contributed by atoms with E-state index < -0.39 is 10.0 Å². The monoisotopic (exact) mass is 403 g/mol. The number of sulfonamides is 1. The minimum absolute atomic E-state index is 0.0537. The lowest BCUT2D eigenvalue weighted by Crippen LogP contribution is -2.30. The summed E-state index contributed by atoms with van der Waals surface area (Å²) in [6.45, 7) is 0.412. The molecule has 0 aliphatic carbocycles. The largest absolute Gasteiger partial charge is 0.243 e. The first-order chi connectivity index (χ1) is 8.90. The second-order valence-electron chi connectivity index (χ2n) is 4.19. The van der Waals surface area contributed by atoms with Crippen molar-refractivity contribution in [2.75, 3.05) is 12.3 Å². The molecule has 2 rings (SSSR count). The molecule has 1 atom stereocenters. The van der Waals surface area contributed by atoms with E-state index in [4.69, 9.17) is 23.2 Å². The van der Waals surface area contributed by atoms with Gasteiger partial charge in [-0.15, -0.1) is 0 Å². The lowest BCUT2D eigenvalue weighted by Gasteiger charge is -2.13. The van der Waals surface area contributed by atoms with Gasteiger partial charge in [0.1, 0.15) is 4.90 Å². The average molecular weight is 405 g/mol. The zero-order chi connectivity index (χ0) is 14.0. The highest BCUT2D eigenvalue weighted by Crippen LogP contribution is 2.33. The van der Waals surface area contributed by atoms with E-state index in [1.165, 1.54) is 12.1 Å². The van der Waals surface area contributed by atoms with Crippen LogP contribution in [-0.2, 0) is 10.0 Å². The smallest absolute Gasteiger partial charge is 0.210 e. The fraction of sp³-hybridized carbons (Fsp3) is 0.455.